The number of hydrogen-bond acceptors (Lipinski definition) is 5. The molecular weight excluding hydrogens is 340 g/mol. The Kier molecular flexibility index (Phi) is 6.30. The van der Waals surface area contributed by atoms with Gasteiger partial charge in [-0.1, -0.05) is 18.2 Å². The van der Waals surface area contributed by atoms with E-state index in [9.17, 15) is 14.4 Å². The summed E-state index contributed by atoms with van der Waals surface area (Å²) in [7, 11) is 0. The molecule has 0 saturated carbocycles. The van der Waals surface area contributed by atoms with Gasteiger partial charge in [-0.3, -0.25) is 9.59 Å². The van der Waals surface area contributed by atoms with Crippen LogP contribution in [0, 0.1) is 6.92 Å². The molecule has 0 radical (unpaired) electrons. The van der Waals surface area contributed by atoms with E-state index in [0.29, 0.717) is 12.2 Å². The second-order valence-electron chi connectivity index (χ2n) is 5.52. The van der Waals surface area contributed by atoms with Crippen LogP contribution in [0.15, 0.2) is 35.7 Å². The molecule has 132 valence electrons. The van der Waals surface area contributed by atoms with Gasteiger partial charge in [0.2, 0.25) is 5.91 Å². The van der Waals surface area contributed by atoms with Gasteiger partial charge < -0.3 is 15.4 Å². The second-order valence-corrected chi connectivity index (χ2v) is 6.56. The maximum absolute atomic E-state index is 12.4. The van der Waals surface area contributed by atoms with E-state index >= 15 is 0 Å². The Labute approximate surface area is 150 Å². The number of esters is 1. The van der Waals surface area contributed by atoms with Crippen LogP contribution >= 0.6 is 11.3 Å². The van der Waals surface area contributed by atoms with Crippen LogP contribution in [0.25, 0.3) is 0 Å². The minimum Gasteiger partial charge on any atom is -0.449 e. The van der Waals surface area contributed by atoms with E-state index in [1.54, 1.807) is 25.1 Å². The molecule has 0 saturated heterocycles. The average molecular weight is 360 g/mol. The summed E-state index contributed by atoms with van der Waals surface area (Å²) in [6.45, 7) is 5.04. The molecule has 2 N–H and O–H groups in total. The predicted molar refractivity (Wildman–Crippen MR) is 96.5 cm³/mol. The summed E-state index contributed by atoms with van der Waals surface area (Å²) >= 11 is 1.53. The van der Waals surface area contributed by atoms with Gasteiger partial charge in [0.25, 0.3) is 5.91 Å². The highest BCUT2D eigenvalue weighted by molar-refractivity contribution is 7.09. The molecule has 2 aromatic rings. The highest BCUT2D eigenvalue weighted by atomic mass is 32.1. The molecule has 2 amide bonds. The normalized spacial score (nSPS) is 11.5. The zero-order valence-electron chi connectivity index (χ0n) is 14.3. The number of aryl methyl sites for hydroxylation is 1. The number of rotatable bonds is 6. The van der Waals surface area contributed by atoms with Gasteiger partial charge >= 0.3 is 5.97 Å². The Morgan fingerprint density at radius 1 is 1.20 bits per heavy atom. The monoisotopic (exact) mass is 360 g/mol. The highest BCUT2D eigenvalue weighted by Crippen LogP contribution is 2.22. The van der Waals surface area contributed by atoms with E-state index in [2.05, 4.69) is 10.6 Å². The van der Waals surface area contributed by atoms with E-state index in [1.165, 1.54) is 25.2 Å². The van der Waals surface area contributed by atoms with Gasteiger partial charge in [-0.15, -0.1) is 11.3 Å². The van der Waals surface area contributed by atoms with Crippen LogP contribution in [0.5, 0.6) is 0 Å². The molecule has 1 atom stereocenters. The maximum atomic E-state index is 12.4. The standard InChI is InChI=1S/C18H20N2O4S/c1-11-6-4-8-15(16(11)20-13(3)21)18(23)24-12(2)17(22)19-10-14-7-5-9-25-14/h4-9,12H,10H2,1-3H3,(H,19,22)(H,20,21)/t12-/m0/s1. The van der Waals surface area contributed by atoms with Crippen LogP contribution in [0.4, 0.5) is 5.69 Å². The Hall–Kier alpha value is -2.67. The predicted octanol–water partition coefficient (Wildman–Crippen LogP) is 2.88. The van der Waals surface area contributed by atoms with Gasteiger partial charge in [0.1, 0.15) is 0 Å². The van der Waals surface area contributed by atoms with Crippen LogP contribution in [0.1, 0.15) is 34.6 Å². The van der Waals surface area contributed by atoms with Crippen molar-refractivity contribution < 1.29 is 19.1 Å². The number of thiophene rings is 1. The van der Waals surface area contributed by atoms with E-state index in [4.69, 9.17) is 4.74 Å². The number of anilines is 1. The first-order chi connectivity index (χ1) is 11.9. The summed E-state index contributed by atoms with van der Waals surface area (Å²) in [5.74, 6) is -1.33. The molecule has 0 unspecified atom stereocenters. The van der Waals surface area contributed by atoms with Crippen molar-refractivity contribution in [3.8, 4) is 0 Å². The minimum absolute atomic E-state index is 0.216. The first kappa shape index (κ1) is 18.7. The van der Waals surface area contributed by atoms with Gasteiger partial charge in [0.05, 0.1) is 17.8 Å². The summed E-state index contributed by atoms with van der Waals surface area (Å²) in [5.41, 5.74) is 1.35. The number of amides is 2. The molecule has 25 heavy (non-hydrogen) atoms. The Morgan fingerprint density at radius 3 is 2.60 bits per heavy atom. The molecule has 1 heterocycles. The van der Waals surface area contributed by atoms with Crippen molar-refractivity contribution >= 4 is 34.8 Å². The van der Waals surface area contributed by atoms with Crippen LogP contribution in [0.2, 0.25) is 0 Å². The van der Waals surface area contributed by atoms with E-state index in [-0.39, 0.29) is 17.4 Å². The maximum Gasteiger partial charge on any atom is 0.341 e. The summed E-state index contributed by atoms with van der Waals surface area (Å²) in [6, 6.07) is 8.83. The third-order valence-electron chi connectivity index (χ3n) is 3.46. The molecule has 1 aromatic carbocycles. The van der Waals surface area contributed by atoms with Crippen molar-refractivity contribution in [1.29, 1.82) is 0 Å². The van der Waals surface area contributed by atoms with Crippen molar-refractivity contribution in [2.24, 2.45) is 0 Å². The number of para-hydroxylation sites is 1. The first-order valence-electron chi connectivity index (χ1n) is 7.76. The van der Waals surface area contributed by atoms with Crippen molar-refractivity contribution in [1.82, 2.24) is 5.32 Å². The zero-order chi connectivity index (χ0) is 18.4. The van der Waals surface area contributed by atoms with Crippen LogP contribution in [-0.4, -0.2) is 23.9 Å². The first-order valence-corrected chi connectivity index (χ1v) is 8.64. The Morgan fingerprint density at radius 2 is 1.96 bits per heavy atom. The molecule has 0 aliphatic carbocycles. The van der Waals surface area contributed by atoms with E-state index < -0.39 is 12.1 Å². The number of benzene rings is 1. The lowest BCUT2D eigenvalue weighted by Crippen LogP contribution is -2.35. The van der Waals surface area contributed by atoms with E-state index in [1.807, 2.05) is 17.5 Å². The molecule has 0 spiro atoms. The lowest BCUT2D eigenvalue weighted by Gasteiger charge is -2.16. The number of carbonyl (C=O) groups is 3. The smallest absolute Gasteiger partial charge is 0.341 e. The number of carbonyl (C=O) groups excluding carboxylic acids is 3. The molecule has 0 bridgehead atoms. The third-order valence-corrected chi connectivity index (χ3v) is 4.34. The molecule has 2 rings (SSSR count). The fourth-order valence-electron chi connectivity index (χ4n) is 2.19. The fraction of sp³-hybridized carbons (Fsp3) is 0.278. The van der Waals surface area contributed by atoms with Crippen LogP contribution in [0.3, 0.4) is 0 Å². The quantitative estimate of drug-likeness (QED) is 0.776. The second kappa shape index (κ2) is 8.43. The van der Waals surface area contributed by atoms with Crippen molar-refractivity contribution in [2.75, 3.05) is 5.32 Å². The van der Waals surface area contributed by atoms with Crippen molar-refractivity contribution in [3.63, 3.8) is 0 Å². The highest BCUT2D eigenvalue weighted by Gasteiger charge is 2.21. The zero-order valence-corrected chi connectivity index (χ0v) is 15.1. The summed E-state index contributed by atoms with van der Waals surface area (Å²) < 4.78 is 5.25. The summed E-state index contributed by atoms with van der Waals surface area (Å²) in [4.78, 5) is 36.8. The molecule has 0 aliphatic rings. The van der Waals surface area contributed by atoms with Gasteiger partial charge in [-0.05, 0) is 36.9 Å². The number of hydrogen-bond donors (Lipinski definition) is 2. The van der Waals surface area contributed by atoms with Gasteiger partial charge in [-0.2, -0.15) is 0 Å². The third kappa shape index (κ3) is 5.15. The fourth-order valence-corrected chi connectivity index (χ4v) is 2.83. The van der Waals surface area contributed by atoms with Crippen molar-refractivity contribution in [3.05, 3.63) is 51.7 Å². The van der Waals surface area contributed by atoms with Crippen molar-refractivity contribution in [2.45, 2.75) is 33.4 Å². The summed E-state index contributed by atoms with van der Waals surface area (Å²) in [6.07, 6.45) is -0.946. The van der Waals surface area contributed by atoms with E-state index in [0.717, 1.165) is 10.4 Å². The SMILES string of the molecule is CC(=O)Nc1c(C)cccc1C(=O)O[C@@H](C)C(=O)NCc1cccs1. The Balaban J connectivity index is 2.02. The van der Waals surface area contributed by atoms with Gasteiger partial charge in [0.15, 0.2) is 6.10 Å². The molecule has 1 aromatic heterocycles. The number of ether oxygens (including phenoxy) is 1. The van der Waals surface area contributed by atoms with Crippen LogP contribution in [-0.2, 0) is 20.9 Å². The lowest BCUT2D eigenvalue weighted by atomic mass is 10.1. The molecule has 7 heteroatoms. The van der Waals surface area contributed by atoms with Crippen LogP contribution < -0.4 is 10.6 Å². The topological polar surface area (TPSA) is 84.5 Å². The lowest BCUT2D eigenvalue weighted by molar-refractivity contribution is -0.129. The molecule has 0 fully saturated rings. The Bertz CT molecular complexity index is 771. The number of nitrogens with one attached hydrogen (secondary N) is 2. The summed E-state index contributed by atoms with van der Waals surface area (Å²) in [5, 5.41) is 7.28. The molecule has 0 aliphatic heterocycles. The largest absolute Gasteiger partial charge is 0.449 e. The molecular formula is C18H20N2O4S. The average Bonchev–Trinajstić information content (AvgIpc) is 3.07. The van der Waals surface area contributed by atoms with Gasteiger partial charge in [-0.25, -0.2) is 4.79 Å². The van der Waals surface area contributed by atoms with Gasteiger partial charge in [0, 0.05) is 11.8 Å². The molecule has 6 nitrogen and oxygen atoms in total. The minimum atomic E-state index is -0.946.